The molecule has 1 amide bonds. The standard InChI is InChI=1S/C26H30N4O4/c1-4-24(32)30-17-9-16(10-18(30)13-33-12-17)25-21(14-34-15(2)3)20-11-22(28-29-26(20)27-25)19-7-5-6-8-23(19)31/h4-8,11,15-18,31H,1,9-10,12-14H2,2-3H3,(H,27,29)/t16?,17-,18+. The molecule has 4 heterocycles. The van der Waals surface area contributed by atoms with E-state index in [1.54, 1.807) is 12.1 Å². The number of hydrogen-bond donors (Lipinski definition) is 2. The first kappa shape index (κ1) is 22.6. The molecule has 178 valence electrons. The Morgan fingerprint density at radius 1 is 1.29 bits per heavy atom. The number of phenolic OH excluding ortho intramolecular Hbond substituents is 1. The average molecular weight is 463 g/mol. The lowest BCUT2D eigenvalue weighted by molar-refractivity contribution is -0.146. The molecule has 3 aromatic rings. The number of H-pyrrole nitrogens is 1. The monoisotopic (exact) mass is 462 g/mol. The predicted molar refractivity (Wildman–Crippen MR) is 128 cm³/mol. The molecule has 8 nitrogen and oxygen atoms in total. The number of carbonyl (C=O) groups excluding carboxylic acids is 1. The first-order valence-corrected chi connectivity index (χ1v) is 11.8. The Morgan fingerprint density at radius 3 is 2.71 bits per heavy atom. The summed E-state index contributed by atoms with van der Waals surface area (Å²) in [5.74, 6) is 0.343. The topological polar surface area (TPSA) is 101 Å². The molecule has 34 heavy (non-hydrogen) atoms. The molecule has 0 saturated carbocycles. The number of carbonyl (C=O) groups is 1. The summed E-state index contributed by atoms with van der Waals surface area (Å²) in [6.07, 6.45) is 3.05. The van der Waals surface area contributed by atoms with Crippen LogP contribution in [0.5, 0.6) is 5.75 Å². The third kappa shape index (κ3) is 4.08. The summed E-state index contributed by atoms with van der Waals surface area (Å²) in [5, 5.41) is 20.1. The second-order valence-electron chi connectivity index (χ2n) is 9.35. The van der Waals surface area contributed by atoms with Gasteiger partial charge in [-0.25, -0.2) is 0 Å². The van der Waals surface area contributed by atoms with Crippen LogP contribution < -0.4 is 0 Å². The molecule has 2 aliphatic heterocycles. The Morgan fingerprint density at radius 2 is 2.03 bits per heavy atom. The SMILES string of the molecule is C=CC(=O)N1[C@@H]2COC[C@H]1CC(c1[nH]c3nnc(-c4ccccc4O)cc3c1COC(C)C)C2. The minimum absolute atomic E-state index is 0.0104. The fourth-order valence-electron chi connectivity index (χ4n) is 5.25. The lowest BCUT2D eigenvalue weighted by Crippen LogP contribution is -2.58. The Balaban J connectivity index is 1.55. The van der Waals surface area contributed by atoms with Gasteiger partial charge in [0.1, 0.15) is 5.75 Å². The molecule has 0 spiro atoms. The van der Waals surface area contributed by atoms with Crippen molar-refractivity contribution in [1.29, 1.82) is 0 Å². The number of nitrogens with zero attached hydrogens (tertiary/aromatic N) is 3. The molecule has 2 saturated heterocycles. The molecule has 2 aromatic heterocycles. The lowest BCUT2D eigenvalue weighted by Gasteiger charge is -2.48. The number of aromatic nitrogens is 3. The van der Waals surface area contributed by atoms with Gasteiger partial charge in [-0.3, -0.25) is 4.79 Å². The minimum Gasteiger partial charge on any atom is -0.507 e. The van der Waals surface area contributed by atoms with Gasteiger partial charge in [0, 0.05) is 28.1 Å². The second-order valence-corrected chi connectivity index (χ2v) is 9.35. The summed E-state index contributed by atoms with van der Waals surface area (Å²) in [4.78, 5) is 18.0. The second kappa shape index (κ2) is 9.19. The number of phenols is 1. The smallest absolute Gasteiger partial charge is 0.246 e. The summed E-state index contributed by atoms with van der Waals surface area (Å²) in [5.41, 5.74) is 4.09. The van der Waals surface area contributed by atoms with Crippen LogP contribution in [0.25, 0.3) is 22.3 Å². The van der Waals surface area contributed by atoms with Crippen LogP contribution >= 0.6 is 0 Å². The number of aromatic amines is 1. The third-order valence-corrected chi connectivity index (χ3v) is 6.80. The normalized spacial score (nSPS) is 22.3. The van der Waals surface area contributed by atoms with Crippen LogP contribution in [0.3, 0.4) is 0 Å². The molecule has 0 aliphatic carbocycles. The van der Waals surface area contributed by atoms with Crippen LogP contribution in [0, 0.1) is 0 Å². The number of nitrogens with one attached hydrogen (secondary N) is 1. The van der Waals surface area contributed by atoms with Crippen molar-refractivity contribution < 1.29 is 19.4 Å². The molecular formula is C26H30N4O4. The zero-order valence-corrected chi connectivity index (χ0v) is 19.5. The van der Waals surface area contributed by atoms with Crippen molar-refractivity contribution in [2.24, 2.45) is 0 Å². The van der Waals surface area contributed by atoms with Gasteiger partial charge in [-0.15, -0.1) is 10.2 Å². The third-order valence-electron chi connectivity index (χ3n) is 6.80. The van der Waals surface area contributed by atoms with Crippen molar-refractivity contribution in [3.63, 3.8) is 0 Å². The van der Waals surface area contributed by atoms with Crippen LogP contribution in [-0.2, 0) is 20.9 Å². The number of piperidine rings is 1. The summed E-state index contributed by atoms with van der Waals surface area (Å²) < 4.78 is 11.8. The highest BCUT2D eigenvalue weighted by Gasteiger charge is 2.42. The van der Waals surface area contributed by atoms with Crippen LogP contribution in [0.2, 0.25) is 0 Å². The number of hydrogen-bond acceptors (Lipinski definition) is 6. The highest BCUT2D eigenvalue weighted by atomic mass is 16.5. The maximum Gasteiger partial charge on any atom is 0.246 e. The fraction of sp³-hybridized carbons (Fsp3) is 0.423. The zero-order valence-electron chi connectivity index (χ0n) is 19.5. The summed E-state index contributed by atoms with van der Waals surface area (Å²) in [7, 11) is 0. The number of fused-ring (bicyclic) bond motifs is 3. The molecule has 2 N–H and O–H groups in total. The van der Waals surface area contributed by atoms with Gasteiger partial charge in [0.2, 0.25) is 5.91 Å². The van der Waals surface area contributed by atoms with E-state index >= 15 is 0 Å². The van der Waals surface area contributed by atoms with E-state index in [1.165, 1.54) is 6.08 Å². The quantitative estimate of drug-likeness (QED) is 0.539. The van der Waals surface area contributed by atoms with Gasteiger partial charge >= 0.3 is 0 Å². The molecule has 2 fully saturated rings. The highest BCUT2D eigenvalue weighted by Crippen LogP contribution is 2.41. The Labute approximate surface area is 198 Å². The number of rotatable bonds is 6. The van der Waals surface area contributed by atoms with Crippen molar-refractivity contribution in [1.82, 2.24) is 20.1 Å². The summed E-state index contributed by atoms with van der Waals surface area (Å²) in [6.45, 7) is 9.21. The van der Waals surface area contributed by atoms with E-state index in [0.29, 0.717) is 36.7 Å². The Bertz CT molecular complexity index is 1210. The fourth-order valence-corrected chi connectivity index (χ4v) is 5.25. The van der Waals surface area contributed by atoms with Gasteiger partial charge in [-0.1, -0.05) is 18.7 Å². The van der Waals surface area contributed by atoms with Gasteiger partial charge < -0.3 is 24.5 Å². The number of aromatic hydroxyl groups is 1. The van der Waals surface area contributed by atoms with Gasteiger partial charge in [0.25, 0.3) is 0 Å². The molecule has 2 aliphatic rings. The van der Waals surface area contributed by atoms with Crippen LogP contribution in [-0.4, -0.2) is 62.5 Å². The van der Waals surface area contributed by atoms with Crippen molar-refractivity contribution >= 4 is 16.9 Å². The maximum absolute atomic E-state index is 12.5. The highest BCUT2D eigenvalue weighted by molar-refractivity contribution is 5.88. The van der Waals surface area contributed by atoms with Gasteiger partial charge in [0.05, 0.1) is 43.7 Å². The lowest BCUT2D eigenvalue weighted by atomic mass is 9.81. The zero-order chi connectivity index (χ0) is 23.8. The maximum atomic E-state index is 12.5. The van der Waals surface area contributed by atoms with E-state index in [9.17, 15) is 9.90 Å². The first-order chi connectivity index (χ1) is 16.5. The van der Waals surface area contributed by atoms with E-state index < -0.39 is 0 Å². The average Bonchev–Trinajstić information content (AvgIpc) is 3.19. The molecule has 5 rings (SSSR count). The summed E-state index contributed by atoms with van der Waals surface area (Å²) in [6, 6.07) is 9.11. The van der Waals surface area contributed by atoms with E-state index in [0.717, 1.165) is 29.5 Å². The molecule has 8 heteroatoms. The van der Waals surface area contributed by atoms with Crippen molar-refractivity contribution in [3.05, 3.63) is 54.2 Å². The molecular weight excluding hydrogens is 432 g/mol. The van der Waals surface area contributed by atoms with Gasteiger partial charge in [-0.05, 0) is 51.0 Å². The van der Waals surface area contributed by atoms with Gasteiger partial charge in [0.15, 0.2) is 5.65 Å². The van der Waals surface area contributed by atoms with Crippen LogP contribution in [0.4, 0.5) is 0 Å². The minimum atomic E-state index is -0.0325. The van der Waals surface area contributed by atoms with Gasteiger partial charge in [-0.2, -0.15) is 0 Å². The largest absolute Gasteiger partial charge is 0.507 e. The number of benzene rings is 1. The molecule has 1 aromatic carbocycles. The van der Waals surface area contributed by atoms with Crippen LogP contribution in [0.15, 0.2) is 43.0 Å². The van der Waals surface area contributed by atoms with E-state index in [1.807, 2.05) is 36.9 Å². The molecule has 0 radical (unpaired) electrons. The van der Waals surface area contributed by atoms with E-state index in [-0.39, 0.29) is 35.8 Å². The number of morpholine rings is 1. The number of para-hydroxylation sites is 1. The Kier molecular flexibility index (Phi) is 6.10. The summed E-state index contributed by atoms with van der Waals surface area (Å²) >= 11 is 0. The van der Waals surface area contributed by atoms with Crippen molar-refractivity contribution in [2.75, 3.05) is 13.2 Å². The van der Waals surface area contributed by atoms with Crippen molar-refractivity contribution in [3.8, 4) is 17.0 Å². The number of ether oxygens (including phenoxy) is 2. The molecule has 1 unspecified atom stereocenters. The predicted octanol–water partition coefficient (Wildman–Crippen LogP) is 3.91. The van der Waals surface area contributed by atoms with E-state index in [2.05, 4.69) is 21.8 Å². The molecule has 2 bridgehead atoms. The van der Waals surface area contributed by atoms with E-state index in [4.69, 9.17) is 9.47 Å². The Hall–Kier alpha value is -3.23. The van der Waals surface area contributed by atoms with Crippen LogP contribution in [0.1, 0.15) is 43.9 Å². The first-order valence-electron chi connectivity index (χ1n) is 11.8. The van der Waals surface area contributed by atoms with Crippen molar-refractivity contribution in [2.45, 2.75) is 57.4 Å². The molecule has 3 atom stereocenters. The number of amides is 1.